The highest BCUT2D eigenvalue weighted by atomic mass is 15.1. The Balaban J connectivity index is 2.09. The minimum Gasteiger partial charge on any atom is -0.374 e. The lowest BCUT2D eigenvalue weighted by atomic mass is 9.84. The van der Waals surface area contributed by atoms with Gasteiger partial charge in [-0.2, -0.15) is 0 Å². The van der Waals surface area contributed by atoms with Gasteiger partial charge in [0.1, 0.15) is 0 Å². The summed E-state index contributed by atoms with van der Waals surface area (Å²) in [7, 11) is 2.20. The van der Waals surface area contributed by atoms with Crippen LogP contribution >= 0.6 is 0 Å². The van der Waals surface area contributed by atoms with Gasteiger partial charge in [-0.05, 0) is 17.5 Å². The molecule has 2 heteroatoms. The van der Waals surface area contributed by atoms with E-state index in [1.165, 1.54) is 24.3 Å². The molecular weight excluding hydrogens is 172 g/mol. The molecule has 0 aliphatic carbocycles. The minimum atomic E-state index is 0.752. The van der Waals surface area contributed by atoms with E-state index in [1.54, 1.807) is 0 Å². The van der Waals surface area contributed by atoms with E-state index in [4.69, 9.17) is 0 Å². The number of anilines is 1. The quantitative estimate of drug-likeness (QED) is 0.662. The molecule has 1 saturated heterocycles. The van der Waals surface area contributed by atoms with Gasteiger partial charge in [0.05, 0.1) is 0 Å². The molecule has 0 bridgehead atoms. The number of para-hydroxylation sites is 1. The zero-order chi connectivity index (χ0) is 9.54. The third-order valence-corrected chi connectivity index (χ3v) is 3.60. The van der Waals surface area contributed by atoms with Crippen LogP contribution in [0.2, 0.25) is 0 Å². The standard InChI is InChI=1S/C12H16N2/c1-14-8-9-6-13-7-11(9)10-4-2-3-5-12(10)14/h2-5,9,11,13H,6-8H2,1H3/t9-,11+/m0/s1. The van der Waals surface area contributed by atoms with Crippen molar-refractivity contribution in [2.24, 2.45) is 5.92 Å². The number of nitrogens with zero attached hydrogens (tertiary/aromatic N) is 1. The molecule has 0 saturated carbocycles. The van der Waals surface area contributed by atoms with Gasteiger partial charge in [-0.1, -0.05) is 18.2 Å². The van der Waals surface area contributed by atoms with Gasteiger partial charge in [0.15, 0.2) is 0 Å². The molecule has 3 rings (SSSR count). The van der Waals surface area contributed by atoms with Crippen LogP contribution in [0.4, 0.5) is 5.69 Å². The summed E-state index contributed by atoms with van der Waals surface area (Å²) >= 11 is 0. The molecule has 0 radical (unpaired) electrons. The molecule has 0 amide bonds. The van der Waals surface area contributed by atoms with Gasteiger partial charge in [0.2, 0.25) is 0 Å². The fraction of sp³-hybridized carbons (Fsp3) is 0.500. The van der Waals surface area contributed by atoms with Gasteiger partial charge < -0.3 is 10.2 Å². The van der Waals surface area contributed by atoms with Crippen molar-refractivity contribution in [3.63, 3.8) is 0 Å². The van der Waals surface area contributed by atoms with Crippen molar-refractivity contribution in [2.45, 2.75) is 5.92 Å². The molecule has 14 heavy (non-hydrogen) atoms. The lowest BCUT2D eigenvalue weighted by molar-refractivity contribution is 0.496. The number of rotatable bonds is 0. The summed E-state index contributed by atoms with van der Waals surface area (Å²) < 4.78 is 0. The molecule has 0 spiro atoms. The van der Waals surface area contributed by atoms with Gasteiger partial charge in [-0.3, -0.25) is 0 Å². The van der Waals surface area contributed by atoms with E-state index in [9.17, 15) is 0 Å². The lowest BCUT2D eigenvalue weighted by Gasteiger charge is -2.35. The van der Waals surface area contributed by atoms with Crippen LogP contribution in [-0.2, 0) is 0 Å². The first kappa shape index (κ1) is 8.30. The van der Waals surface area contributed by atoms with Gasteiger partial charge in [-0.25, -0.2) is 0 Å². The average molecular weight is 188 g/mol. The summed E-state index contributed by atoms with van der Waals surface area (Å²) in [4.78, 5) is 2.39. The molecule has 2 heterocycles. The van der Waals surface area contributed by atoms with Gasteiger partial charge in [-0.15, -0.1) is 0 Å². The topological polar surface area (TPSA) is 15.3 Å². The van der Waals surface area contributed by atoms with E-state index in [2.05, 4.69) is 41.5 Å². The van der Waals surface area contributed by atoms with E-state index in [0.29, 0.717) is 0 Å². The molecule has 2 aliphatic heterocycles. The monoisotopic (exact) mass is 188 g/mol. The van der Waals surface area contributed by atoms with E-state index in [0.717, 1.165) is 18.4 Å². The zero-order valence-corrected chi connectivity index (χ0v) is 8.53. The van der Waals surface area contributed by atoms with Crippen molar-refractivity contribution in [2.75, 3.05) is 31.6 Å². The Labute approximate surface area is 84.9 Å². The minimum absolute atomic E-state index is 0.752. The van der Waals surface area contributed by atoms with E-state index >= 15 is 0 Å². The first-order valence-corrected chi connectivity index (χ1v) is 5.37. The molecule has 2 aliphatic rings. The van der Waals surface area contributed by atoms with Crippen molar-refractivity contribution in [1.29, 1.82) is 0 Å². The number of hydrogen-bond donors (Lipinski definition) is 1. The highest BCUT2D eigenvalue weighted by Crippen LogP contribution is 2.39. The Morgan fingerprint density at radius 1 is 1.29 bits per heavy atom. The summed E-state index contributed by atoms with van der Waals surface area (Å²) in [6, 6.07) is 8.82. The Morgan fingerprint density at radius 2 is 2.14 bits per heavy atom. The van der Waals surface area contributed by atoms with E-state index < -0.39 is 0 Å². The average Bonchev–Trinajstić information content (AvgIpc) is 2.66. The molecule has 1 aromatic carbocycles. The first-order valence-electron chi connectivity index (χ1n) is 5.37. The van der Waals surface area contributed by atoms with Crippen LogP contribution in [0.5, 0.6) is 0 Å². The van der Waals surface area contributed by atoms with Crippen molar-refractivity contribution < 1.29 is 0 Å². The smallest absolute Gasteiger partial charge is 0.0399 e. The molecule has 0 aromatic heterocycles. The van der Waals surface area contributed by atoms with Crippen molar-refractivity contribution >= 4 is 5.69 Å². The van der Waals surface area contributed by atoms with Crippen LogP contribution < -0.4 is 10.2 Å². The van der Waals surface area contributed by atoms with E-state index in [-0.39, 0.29) is 0 Å². The largest absolute Gasteiger partial charge is 0.374 e. The molecule has 1 aromatic rings. The molecule has 2 atom stereocenters. The molecular formula is C12H16N2. The summed E-state index contributed by atoms with van der Waals surface area (Å²) in [6.45, 7) is 3.55. The molecule has 2 nitrogen and oxygen atoms in total. The van der Waals surface area contributed by atoms with Gasteiger partial charge >= 0.3 is 0 Å². The zero-order valence-electron chi connectivity index (χ0n) is 8.53. The second-order valence-electron chi connectivity index (χ2n) is 4.46. The van der Waals surface area contributed by atoms with E-state index in [1.807, 2.05) is 0 Å². The van der Waals surface area contributed by atoms with Crippen molar-refractivity contribution in [1.82, 2.24) is 5.32 Å². The first-order chi connectivity index (χ1) is 6.86. The normalized spacial score (nSPS) is 29.9. The molecule has 74 valence electrons. The van der Waals surface area contributed by atoms with Crippen LogP contribution in [0.3, 0.4) is 0 Å². The van der Waals surface area contributed by atoms with Crippen LogP contribution in [-0.4, -0.2) is 26.7 Å². The van der Waals surface area contributed by atoms with Crippen LogP contribution in [0.1, 0.15) is 11.5 Å². The maximum atomic E-state index is 3.50. The fourth-order valence-corrected chi connectivity index (χ4v) is 2.89. The third kappa shape index (κ3) is 1.07. The van der Waals surface area contributed by atoms with Crippen LogP contribution in [0, 0.1) is 5.92 Å². The van der Waals surface area contributed by atoms with Gasteiger partial charge in [0.25, 0.3) is 0 Å². The maximum Gasteiger partial charge on any atom is 0.0399 e. The molecule has 0 unspecified atom stereocenters. The highest BCUT2D eigenvalue weighted by Gasteiger charge is 2.34. The lowest BCUT2D eigenvalue weighted by Crippen LogP contribution is -2.34. The second kappa shape index (κ2) is 2.99. The summed E-state index contributed by atoms with van der Waals surface area (Å²) in [5, 5.41) is 3.50. The Hall–Kier alpha value is -1.02. The third-order valence-electron chi connectivity index (χ3n) is 3.60. The predicted molar refractivity (Wildman–Crippen MR) is 58.8 cm³/mol. The number of hydrogen-bond acceptors (Lipinski definition) is 2. The van der Waals surface area contributed by atoms with Crippen LogP contribution in [0.25, 0.3) is 0 Å². The van der Waals surface area contributed by atoms with Crippen molar-refractivity contribution in [3.05, 3.63) is 29.8 Å². The number of fused-ring (bicyclic) bond motifs is 3. The summed E-state index contributed by atoms with van der Waals surface area (Å²) in [5.74, 6) is 1.57. The maximum absolute atomic E-state index is 3.50. The summed E-state index contributed by atoms with van der Waals surface area (Å²) in [6.07, 6.45) is 0. The van der Waals surface area contributed by atoms with Crippen molar-refractivity contribution in [3.8, 4) is 0 Å². The Morgan fingerprint density at radius 3 is 3.07 bits per heavy atom. The Bertz CT molecular complexity index is 348. The molecule has 1 fully saturated rings. The van der Waals surface area contributed by atoms with Gasteiger partial charge in [0, 0.05) is 38.3 Å². The number of nitrogens with one attached hydrogen (secondary N) is 1. The predicted octanol–water partition coefficient (Wildman–Crippen LogP) is 1.44. The highest BCUT2D eigenvalue weighted by molar-refractivity contribution is 5.57. The summed E-state index contributed by atoms with van der Waals surface area (Å²) in [5.41, 5.74) is 2.97. The Kier molecular flexibility index (Phi) is 1.77. The second-order valence-corrected chi connectivity index (χ2v) is 4.46. The fourth-order valence-electron chi connectivity index (χ4n) is 2.89. The number of benzene rings is 1. The molecule has 1 N–H and O–H groups in total. The SMILES string of the molecule is CN1C[C@@H]2CNC[C@H]2c2ccccc21. The van der Waals surface area contributed by atoms with Crippen LogP contribution in [0.15, 0.2) is 24.3 Å².